The highest BCUT2D eigenvalue weighted by Gasteiger charge is 2.04. The topological polar surface area (TPSA) is 65.5 Å². The molecule has 0 radical (unpaired) electrons. The number of amides is 1. The van der Waals surface area contributed by atoms with Crippen LogP contribution in [-0.2, 0) is 13.0 Å². The summed E-state index contributed by atoms with van der Waals surface area (Å²) in [5.41, 5.74) is 2.98. The molecule has 0 saturated heterocycles. The van der Waals surface area contributed by atoms with Crippen LogP contribution in [0.2, 0.25) is 0 Å². The van der Waals surface area contributed by atoms with Crippen LogP contribution in [0.25, 0.3) is 0 Å². The molecule has 2 aromatic rings. The van der Waals surface area contributed by atoms with E-state index in [1.165, 1.54) is 5.56 Å². The fourth-order valence-corrected chi connectivity index (χ4v) is 2.34. The molecule has 0 bridgehead atoms. The lowest BCUT2D eigenvalue weighted by atomic mass is 10.1. The highest BCUT2D eigenvalue weighted by molar-refractivity contribution is 5.94. The SMILES string of the molecule is CN=C(NCCc1ccccc1)NCc1cccc(C(=O)NC)c1. The van der Waals surface area contributed by atoms with Crippen LogP contribution in [0.4, 0.5) is 0 Å². The summed E-state index contributed by atoms with van der Waals surface area (Å²) < 4.78 is 0. The zero-order valence-corrected chi connectivity index (χ0v) is 14.2. The van der Waals surface area contributed by atoms with Crippen LogP contribution < -0.4 is 16.0 Å². The Morgan fingerprint density at radius 3 is 2.46 bits per heavy atom. The predicted molar refractivity (Wildman–Crippen MR) is 98.2 cm³/mol. The zero-order valence-electron chi connectivity index (χ0n) is 14.2. The molecule has 0 heterocycles. The first kappa shape index (κ1) is 17.5. The number of hydrogen-bond donors (Lipinski definition) is 3. The number of guanidine groups is 1. The molecule has 0 aliphatic carbocycles. The Morgan fingerprint density at radius 1 is 1.00 bits per heavy atom. The largest absolute Gasteiger partial charge is 0.356 e. The first-order valence-corrected chi connectivity index (χ1v) is 8.02. The van der Waals surface area contributed by atoms with E-state index in [0.717, 1.165) is 24.5 Å². The molecule has 0 fully saturated rings. The van der Waals surface area contributed by atoms with Crippen LogP contribution in [0.5, 0.6) is 0 Å². The second kappa shape index (κ2) is 9.35. The molecular weight excluding hydrogens is 300 g/mol. The minimum atomic E-state index is -0.0813. The van der Waals surface area contributed by atoms with Crippen LogP contribution in [0, 0.1) is 0 Å². The van der Waals surface area contributed by atoms with E-state index in [-0.39, 0.29) is 5.91 Å². The van der Waals surface area contributed by atoms with Gasteiger partial charge in [-0.3, -0.25) is 9.79 Å². The Labute approximate surface area is 143 Å². The monoisotopic (exact) mass is 324 g/mol. The number of nitrogens with one attached hydrogen (secondary N) is 3. The van der Waals surface area contributed by atoms with Gasteiger partial charge in [0.05, 0.1) is 0 Å². The number of carbonyl (C=O) groups is 1. The van der Waals surface area contributed by atoms with Gasteiger partial charge in [0.1, 0.15) is 0 Å². The van der Waals surface area contributed by atoms with Gasteiger partial charge in [0.2, 0.25) is 0 Å². The van der Waals surface area contributed by atoms with Crippen LogP contribution in [0.15, 0.2) is 59.6 Å². The van der Waals surface area contributed by atoms with E-state index >= 15 is 0 Å². The fraction of sp³-hybridized carbons (Fsp3) is 0.263. The molecule has 3 N–H and O–H groups in total. The Bertz CT molecular complexity index is 683. The number of aliphatic imine (C=N–C) groups is 1. The van der Waals surface area contributed by atoms with Gasteiger partial charge in [-0.2, -0.15) is 0 Å². The van der Waals surface area contributed by atoms with Crippen molar-refractivity contribution in [3.63, 3.8) is 0 Å². The minimum Gasteiger partial charge on any atom is -0.356 e. The number of hydrogen-bond acceptors (Lipinski definition) is 2. The van der Waals surface area contributed by atoms with E-state index in [1.54, 1.807) is 20.2 Å². The molecule has 2 rings (SSSR count). The summed E-state index contributed by atoms with van der Waals surface area (Å²) in [6.07, 6.45) is 0.938. The van der Waals surface area contributed by atoms with Crippen molar-refractivity contribution in [2.24, 2.45) is 4.99 Å². The van der Waals surface area contributed by atoms with Gasteiger partial charge in [-0.1, -0.05) is 42.5 Å². The van der Waals surface area contributed by atoms with Crippen molar-refractivity contribution in [2.45, 2.75) is 13.0 Å². The molecule has 0 unspecified atom stereocenters. The van der Waals surface area contributed by atoms with E-state index < -0.39 is 0 Å². The fourth-order valence-electron chi connectivity index (χ4n) is 2.34. The first-order chi connectivity index (χ1) is 11.7. The summed E-state index contributed by atoms with van der Waals surface area (Å²) in [6, 6.07) is 17.9. The zero-order chi connectivity index (χ0) is 17.2. The van der Waals surface area contributed by atoms with Crippen molar-refractivity contribution < 1.29 is 4.79 Å². The van der Waals surface area contributed by atoms with Crippen LogP contribution in [0.1, 0.15) is 21.5 Å². The molecule has 0 aliphatic rings. The molecule has 5 nitrogen and oxygen atoms in total. The molecule has 2 aromatic carbocycles. The first-order valence-electron chi connectivity index (χ1n) is 8.02. The van der Waals surface area contributed by atoms with Crippen molar-refractivity contribution >= 4 is 11.9 Å². The molecule has 0 spiro atoms. The molecule has 5 heteroatoms. The van der Waals surface area contributed by atoms with Gasteiger partial charge in [0, 0.05) is 32.7 Å². The van der Waals surface area contributed by atoms with Gasteiger partial charge >= 0.3 is 0 Å². The molecule has 0 aliphatic heterocycles. The summed E-state index contributed by atoms with van der Waals surface area (Å²) in [5.74, 6) is 0.665. The standard InChI is InChI=1S/C19H24N4O/c1-20-18(24)17-10-6-9-16(13-17)14-23-19(21-2)22-12-11-15-7-4-3-5-8-15/h3-10,13H,11-12,14H2,1-2H3,(H,20,24)(H2,21,22,23). The molecule has 1 amide bonds. The van der Waals surface area contributed by atoms with Crippen molar-refractivity contribution in [3.05, 3.63) is 71.3 Å². The highest BCUT2D eigenvalue weighted by Crippen LogP contribution is 2.05. The van der Waals surface area contributed by atoms with Crippen molar-refractivity contribution in [2.75, 3.05) is 20.6 Å². The third kappa shape index (κ3) is 5.43. The van der Waals surface area contributed by atoms with Gasteiger partial charge in [-0.15, -0.1) is 0 Å². The maximum atomic E-state index is 11.7. The van der Waals surface area contributed by atoms with Crippen molar-refractivity contribution in [1.29, 1.82) is 0 Å². The summed E-state index contributed by atoms with van der Waals surface area (Å²) in [6.45, 7) is 1.41. The number of nitrogens with zero attached hydrogens (tertiary/aromatic N) is 1. The lowest BCUT2D eigenvalue weighted by Gasteiger charge is -2.12. The summed E-state index contributed by atoms with van der Waals surface area (Å²) in [7, 11) is 3.38. The van der Waals surface area contributed by atoms with Gasteiger partial charge in [0.25, 0.3) is 5.91 Å². The third-order valence-corrected chi connectivity index (χ3v) is 3.65. The van der Waals surface area contributed by atoms with E-state index in [2.05, 4.69) is 33.1 Å². The Hall–Kier alpha value is -2.82. The molecule has 24 heavy (non-hydrogen) atoms. The molecule has 0 atom stereocenters. The normalized spacial score (nSPS) is 11.0. The summed E-state index contributed by atoms with van der Waals surface area (Å²) in [4.78, 5) is 15.9. The average Bonchev–Trinajstić information content (AvgIpc) is 2.65. The molecule has 0 saturated carbocycles. The van der Waals surface area contributed by atoms with E-state index in [1.807, 2.05) is 36.4 Å². The molecule has 126 valence electrons. The van der Waals surface area contributed by atoms with Crippen molar-refractivity contribution in [1.82, 2.24) is 16.0 Å². The summed E-state index contributed by atoms with van der Waals surface area (Å²) >= 11 is 0. The van der Waals surface area contributed by atoms with Crippen LogP contribution >= 0.6 is 0 Å². The van der Waals surface area contributed by atoms with Gasteiger partial charge in [-0.25, -0.2) is 0 Å². The second-order valence-corrected chi connectivity index (χ2v) is 5.37. The Kier molecular flexibility index (Phi) is 6.83. The van der Waals surface area contributed by atoms with Crippen LogP contribution in [-0.4, -0.2) is 32.5 Å². The van der Waals surface area contributed by atoms with E-state index in [4.69, 9.17) is 0 Å². The van der Waals surface area contributed by atoms with Gasteiger partial charge in [0.15, 0.2) is 5.96 Å². The minimum absolute atomic E-state index is 0.0813. The number of carbonyl (C=O) groups excluding carboxylic acids is 1. The molecule has 0 aromatic heterocycles. The van der Waals surface area contributed by atoms with Gasteiger partial charge < -0.3 is 16.0 Å². The average molecular weight is 324 g/mol. The number of rotatable bonds is 6. The Balaban J connectivity index is 1.82. The van der Waals surface area contributed by atoms with Gasteiger partial charge in [-0.05, 0) is 29.7 Å². The third-order valence-electron chi connectivity index (χ3n) is 3.65. The predicted octanol–water partition coefficient (Wildman–Crippen LogP) is 1.95. The smallest absolute Gasteiger partial charge is 0.251 e. The quantitative estimate of drug-likeness (QED) is 0.562. The lowest BCUT2D eigenvalue weighted by Crippen LogP contribution is -2.37. The highest BCUT2D eigenvalue weighted by atomic mass is 16.1. The van der Waals surface area contributed by atoms with E-state index in [9.17, 15) is 4.79 Å². The maximum Gasteiger partial charge on any atom is 0.251 e. The van der Waals surface area contributed by atoms with E-state index in [0.29, 0.717) is 12.1 Å². The van der Waals surface area contributed by atoms with Crippen molar-refractivity contribution in [3.8, 4) is 0 Å². The number of benzene rings is 2. The van der Waals surface area contributed by atoms with Crippen LogP contribution in [0.3, 0.4) is 0 Å². The second-order valence-electron chi connectivity index (χ2n) is 5.37. The molecular formula is C19H24N4O. The Morgan fingerprint density at radius 2 is 1.75 bits per heavy atom. The summed E-state index contributed by atoms with van der Waals surface area (Å²) in [5, 5.41) is 9.19. The lowest BCUT2D eigenvalue weighted by molar-refractivity contribution is 0.0963. The maximum absolute atomic E-state index is 11.7.